The van der Waals surface area contributed by atoms with Gasteiger partial charge >= 0.3 is 0 Å². The molecule has 0 aliphatic rings. The Hall–Kier alpha value is -2.21. The lowest BCUT2D eigenvalue weighted by Crippen LogP contribution is -2.26. The topological polar surface area (TPSA) is 59.2 Å². The first-order valence-electron chi connectivity index (χ1n) is 5.88. The molecule has 0 saturated carbocycles. The molecule has 0 atom stereocenters. The van der Waals surface area contributed by atoms with Crippen molar-refractivity contribution in [1.82, 2.24) is 9.97 Å². The van der Waals surface area contributed by atoms with Crippen molar-refractivity contribution in [3.8, 4) is 0 Å². The van der Waals surface area contributed by atoms with Gasteiger partial charge in [0.25, 0.3) is 5.91 Å². The molecule has 6 heteroatoms. The van der Waals surface area contributed by atoms with Crippen LogP contribution in [0, 0.1) is 0 Å². The van der Waals surface area contributed by atoms with Crippen molar-refractivity contribution in [2.75, 3.05) is 11.9 Å². The second kappa shape index (κ2) is 5.05. The highest BCUT2D eigenvalue weighted by Crippen LogP contribution is 2.19. The zero-order valence-corrected chi connectivity index (χ0v) is 12.2. The number of hydrogen-bond donors (Lipinski definition) is 0. The van der Waals surface area contributed by atoms with Gasteiger partial charge in [0.2, 0.25) is 0 Å². The minimum Gasteiger partial charge on any atom is -0.443 e. The number of hydrogen-bond acceptors (Lipinski definition) is 4. The lowest BCUT2D eigenvalue weighted by Gasteiger charge is -2.16. The fraction of sp³-hybridized carbons (Fsp3) is 0.0714. The molecule has 0 aliphatic carbocycles. The molecule has 3 rings (SSSR count). The van der Waals surface area contributed by atoms with Crippen molar-refractivity contribution in [3.05, 3.63) is 53.0 Å². The van der Waals surface area contributed by atoms with Gasteiger partial charge in [-0.1, -0.05) is 0 Å². The van der Waals surface area contributed by atoms with Gasteiger partial charge in [0.15, 0.2) is 12.0 Å². The van der Waals surface area contributed by atoms with E-state index in [1.54, 1.807) is 37.5 Å². The minimum absolute atomic E-state index is 0.155. The number of oxazole rings is 1. The molecule has 100 valence electrons. The van der Waals surface area contributed by atoms with Gasteiger partial charge in [0.05, 0.1) is 0 Å². The van der Waals surface area contributed by atoms with Crippen LogP contribution < -0.4 is 4.90 Å². The largest absolute Gasteiger partial charge is 0.443 e. The first-order valence-corrected chi connectivity index (χ1v) is 6.67. The summed E-state index contributed by atoms with van der Waals surface area (Å²) in [5.74, 6) is 0.425. The van der Waals surface area contributed by atoms with E-state index in [0.29, 0.717) is 17.0 Å². The van der Waals surface area contributed by atoms with Crippen molar-refractivity contribution in [3.63, 3.8) is 0 Å². The number of nitrogens with zero attached hydrogens (tertiary/aromatic N) is 3. The van der Waals surface area contributed by atoms with Crippen molar-refractivity contribution < 1.29 is 9.21 Å². The first-order chi connectivity index (χ1) is 9.65. The van der Waals surface area contributed by atoms with Crippen LogP contribution in [0.1, 0.15) is 10.4 Å². The standard InChI is InChI=1S/C14H10BrN3O2/c1-18(13-5-3-10(15)7-16-13)14(19)9-2-4-11-12(6-9)20-8-17-11/h2-8H,1H3. The Morgan fingerprint density at radius 2 is 2.10 bits per heavy atom. The van der Waals surface area contributed by atoms with Crippen LogP contribution in [0.15, 0.2) is 51.8 Å². The molecule has 2 heterocycles. The SMILES string of the molecule is CN(C(=O)c1ccc2ncoc2c1)c1ccc(Br)cn1. The molecular formula is C14H10BrN3O2. The Balaban J connectivity index is 1.92. The zero-order chi connectivity index (χ0) is 14.1. The number of amides is 1. The third-order valence-corrected chi connectivity index (χ3v) is 3.41. The van der Waals surface area contributed by atoms with Crippen LogP contribution in [0.25, 0.3) is 11.1 Å². The number of halogens is 1. The molecule has 1 aromatic carbocycles. The molecular weight excluding hydrogens is 322 g/mol. The lowest BCUT2D eigenvalue weighted by atomic mass is 10.2. The molecule has 0 spiro atoms. The molecule has 0 bridgehead atoms. The third kappa shape index (κ3) is 2.30. The van der Waals surface area contributed by atoms with Crippen LogP contribution in [-0.4, -0.2) is 22.9 Å². The second-order valence-corrected chi connectivity index (χ2v) is 5.15. The molecule has 1 amide bonds. The smallest absolute Gasteiger partial charge is 0.259 e. The third-order valence-electron chi connectivity index (χ3n) is 2.94. The molecule has 0 aliphatic heterocycles. The van der Waals surface area contributed by atoms with E-state index in [1.165, 1.54) is 11.3 Å². The summed E-state index contributed by atoms with van der Waals surface area (Å²) in [6.07, 6.45) is 3.01. The summed E-state index contributed by atoms with van der Waals surface area (Å²) in [4.78, 5) is 22.1. The minimum atomic E-state index is -0.155. The number of benzene rings is 1. The first kappa shape index (κ1) is 12.8. The number of carbonyl (C=O) groups is 1. The van der Waals surface area contributed by atoms with E-state index >= 15 is 0 Å². The van der Waals surface area contributed by atoms with Gasteiger partial charge in [-0.25, -0.2) is 9.97 Å². The van der Waals surface area contributed by atoms with Crippen molar-refractivity contribution in [2.24, 2.45) is 0 Å². The van der Waals surface area contributed by atoms with Gasteiger partial charge in [-0.15, -0.1) is 0 Å². The molecule has 2 aromatic heterocycles. The van der Waals surface area contributed by atoms with E-state index in [-0.39, 0.29) is 5.91 Å². The number of rotatable bonds is 2. The fourth-order valence-corrected chi connectivity index (χ4v) is 2.09. The predicted octanol–water partition coefficient (Wildman–Crippen LogP) is 3.26. The Bertz CT molecular complexity index is 767. The summed E-state index contributed by atoms with van der Waals surface area (Å²) in [5.41, 5.74) is 1.85. The summed E-state index contributed by atoms with van der Waals surface area (Å²) >= 11 is 3.31. The van der Waals surface area contributed by atoms with Crippen molar-refractivity contribution in [1.29, 1.82) is 0 Å². The average molecular weight is 332 g/mol. The van der Waals surface area contributed by atoms with Gasteiger partial charge in [-0.2, -0.15) is 0 Å². The highest BCUT2D eigenvalue weighted by molar-refractivity contribution is 9.10. The predicted molar refractivity (Wildman–Crippen MR) is 78.7 cm³/mol. The Labute approximate surface area is 123 Å². The Morgan fingerprint density at radius 3 is 2.85 bits per heavy atom. The summed E-state index contributed by atoms with van der Waals surface area (Å²) in [6, 6.07) is 8.78. The van der Waals surface area contributed by atoms with Crippen LogP contribution in [0.3, 0.4) is 0 Å². The van der Waals surface area contributed by atoms with Crippen LogP contribution >= 0.6 is 15.9 Å². The van der Waals surface area contributed by atoms with Crippen LogP contribution in [0.2, 0.25) is 0 Å². The highest BCUT2D eigenvalue weighted by atomic mass is 79.9. The van der Waals surface area contributed by atoms with Gasteiger partial charge in [0.1, 0.15) is 11.3 Å². The maximum Gasteiger partial charge on any atom is 0.259 e. The Morgan fingerprint density at radius 1 is 1.25 bits per heavy atom. The molecule has 0 fully saturated rings. The second-order valence-electron chi connectivity index (χ2n) is 4.23. The summed E-state index contributed by atoms with van der Waals surface area (Å²) in [7, 11) is 1.68. The molecule has 5 nitrogen and oxygen atoms in total. The highest BCUT2D eigenvalue weighted by Gasteiger charge is 2.15. The van der Waals surface area contributed by atoms with Crippen molar-refractivity contribution >= 4 is 38.8 Å². The van der Waals surface area contributed by atoms with Gasteiger partial charge in [-0.3, -0.25) is 9.69 Å². The van der Waals surface area contributed by atoms with E-state index in [2.05, 4.69) is 25.9 Å². The van der Waals surface area contributed by atoms with Crippen molar-refractivity contribution in [2.45, 2.75) is 0 Å². The summed E-state index contributed by atoms with van der Waals surface area (Å²) in [6.45, 7) is 0. The van der Waals surface area contributed by atoms with Crippen LogP contribution in [0.5, 0.6) is 0 Å². The number of carbonyl (C=O) groups excluding carboxylic acids is 1. The Kier molecular flexibility index (Phi) is 3.23. The molecule has 0 N–H and O–H groups in total. The zero-order valence-electron chi connectivity index (χ0n) is 10.6. The van der Waals surface area contributed by atoms with E-state index in [9.17, 15) is 4.79 Å². The number of anilines is 1. The van der Waals surface area contributed by atoms with Gasteiger partial charge < -0.3 is 4.42 Å². The van der Waals surface area contributed by atoms with E-state index in [1.807, 2.05) is 6.07 Å². The maximum absolute atomic E-state index is 12.4. The van der Waals surface area contributed by atoms with E-state index in [4.69, 9.17) is 4.42 Å². The summed E-state index contributed by atoms with van der Waals surface area (Å²) in [5, 5.41) is 0. The van der Waals surface area contributed by atoms with Gasteiger partial charge in [0, 0.05) is 23.3 Å². The number of fused-ring (bicyclic) bond motifs is 1. The van der Waals surface area contributed by atoms with E-state index in [0.717, 1.165) is 9.99 Å². The molecule has 20 heavy (non-hydrogen) atoms. The molecule has 3 aromatic rings. The fourth-order valence-electron chi connectivity index (χ4n) is 1.85. The monoisotopic (exact) mass is 331 g/mol. The average Bonchev–Trinajstić information content (AvgIpc) is 2.94. The summed E-state index contributed by atoms with van der Waals surface area (Å²) < 4.78 is 6.07. The number of pyridine rings is 1. The van der Waals surface area contributed by atoms with Crippen LogP contribution in [-0.2, 0) is 0 Å². The maximum atomic E-state index is 12.4. The quantitative estimate of drug-likeness (QED) is 0.723. The van der Waals surface area contributed by atoms with Crippen LogP contribution in [0.4, 0.5) is 5.82 Å². The molecule has 0 unspecified atom stereocenters. The van der Waals surface area contributed by atoms with Gasteiger partial charge in [-0.05, 0) is 46.3 Å². The molecule has 0 saturated heterocycles. The van der Waals surface area contributed by atoms with E-state index < -0.39 is 0 Å². The lowest BCUT2D eigenvalue weighted by molar-refractivity contribution is 0.0992. The normalized spacial score (nSPS) is 10.7. The number of aromatic nitrogens is 2. The molecule has 0 radical (unpaired) electrons.